The Labute approximate surface area is 187 Å². The number of ether oxygens (including phenoxy) is 1. The van der Waals surface area contributed by atoms with E-state index in [0.717, 1.165) is 77.1 Å². The summed E-state index contributed by atoms with van der Waals surface area (Å²) in [5, 5.41) is 12.8. The van der Waals surface area contributed by atoms with E-state index in [0.29, 0.717) is 23.7 Å². The number of carbonyl (C=O) groups is 1. The number of piperidine rings is 1. The van der Waals surface area contributed by atoms with Crippen molar-refractivity contribution in [3.8, 4) is 0 Å². The number of aliphatic hydroxyl groups is 1. The van der Waals surface area contributed by atoms with Crippen LogP contribution in [0, 0.1) is 23.7 Å². The van der Waals surface area contributed by atoms with Gasteiger partial charge in [-0.1, -0.05) is 17.7 Å². The predicted molar refractivity (Wildman–Crippen MR) is 123 cm³/mol. The molecule has 2 heterocycles. The summed E-state index contributed by atoms with van der Waals surface area (Å²) in [6.45, 7) is 4.98. The van der Waals surface area contributed by atoms with Gasteiger partial charge in [-0.3, -0.25) is 4.79 Å². The fourth-order valence-corrected chi connectivity index (χ4v) is 5.46. The van der Waals surface area contributed by atoms with Gasteiger partial charge in [0.1, 0.15) is 5.76 Å². The third-order valence-electron chi connectivity index (χ3n) is 7.70. The third-order valence-corrected chi connectivity index (χ3v) is 7.70. The van der Waals surface area contributed by atoms with Crippen LogP contribution in [0.4, 0.5) is 0 Å². The van der Waals surface area contributed by atoms with Crippen molar-refractivity contribution in [2.24, 2.45) is 23.7 Å². The second kappa shape index (κ2) is 11.3. The van der Waals surface area contributed by atoms with Gasteiger partial charge < -0.3 is 20.1 Å². The van der Waals surface area contributed by atoms with Gasteiger partial charge in [0.15, 0.2) is 0 Å². The zero-order valence-corrected chi connectivity index (χ0v) is 18.9. The smallest absolute Gasteiger partial charge is 0.226 e. The Kier molecular flexibility index (Phi) is 8.26. The molecule has 0 spiro atoms. The van der Waals surface area contributed by atoms with Crippen molar-refractivity contribution < 1.29 is 14.6 Å². The summed E-state index contributed by atoms with van der Waals surface area (Å²) in [4.78, 5) is 14.9. The minimum Gasteiger partial charge on any atom is -0.494 e. The van der Waals surface area contributed by atoms with Crippen LogP contribution in [0.2, 0.25) is 0 Å². The first kappa shape index (κ1) is 22.6. The lowest BCUT2D eigenvalue weighted by atomic mass is 9.80. The normalized spacial score (nSPS) is 30.4. The van der Waals surface area contributed by atoms with Gasteiger partial charge >= 0.3 is 0 Å². The van der Waals surface area contributed by atoms with Crippen LogP contribution in [0.25, 0.3) is 0 Å². The standard InChI is InChI=1S/C26H40N2O3/c29-18-20-12-16-28(17-13-20)26(30)24-5-3-22(4-6-24)23-7-9-25(10-8-23)31-19-21-2-1-14-27-15-11-21/h3,7,9-10,20-21,23-24,27,29H,1-2,4-6,8,11-19H2. The van der Waals surface area contributed by atoms with E-state index in [2.05, 4.69) is 29.6 Å². The minimum absolute atomic E-state index is 0.144. The number of rotatable bonds is 6. The number of hydrogen-bond donors (Lipinski definition) is 2. The van der Waals surface area contributed by atoms with E-state index in [1.165, 1.54) is 24.8 Å². The van der Waals surface area contributed by atoms with Crippen LogP contribution >= 0.6 is 0 Å². The van der Waals surface area contributed by atoms with Gasteiger partial charge in [-0.25, -0.2) is 0 Å². The zero-order chi connectivity index (χ0) is 21.5. The number of amides is 1. The number of allylic oxidation sites excluding steroid dienone is 5. The molecule has 0 radical (unpaired) electrons. The van der Waals surface area contributed by atoms with Gasteiger partial charge in [0.2, 0.25) is 5.91 Å². The van der Waals surface area contributed by atoms with Crippen LogP contribution in [0.1, 0.15) is 57.8 Å². The van der Waals surface area contributed by atoms with Gasteiger partial charge in [0.25, 0.3) is 0 Å². The molecule has 2 aliphatic carbocycles. The molecule has 2 N–H and O–H groups in total. The van der Waals surface area contributed by atoms with Gasteiger partial charge in [-0.2, -0.15) is 0 Å². The van der Waals surface area contributed by atoms with Crippen LogP contribution in [-0.2, 0) is 9.53 Å². The molecule has 4 rings (SSSR count). The van der Waals surface area contributed by atoms with E-state index in [1.807, 2.05) is 4.90 Å². The lowest BCUT2D eigenvalue weighted by Crippen LogP contribution is -2.42. The van der Waals surface area contributed by atoms with Crippen molar-refractivity contribution in [2.45, 2.75) is 57.8 Å². The number of nitrogens with zero attached hydrogens (tertiary/aromatic N) is 1. The Balaban J connectivity index is 1.20. The summed E-state index contributed by atoms with van der Waals surface area (Å²) in [7, 11) is 0. The third kappa shape index (κ3) is 6.23. The Hall–Kier alpha value is -1.59. The quantitative estimate of drug-likeness (QED) is 0.632. The number of carbonyl (C=O) groups excluding carboxylic acids is 1. The van der Waals surface area contributed by atoms with E-state index in [1.54, 1.807) is 0 Å². The van der Waals surface area contributed by atoms with Gasteiger partial charge in [-0.15, -0.1) is 0 Å². The molecule has 5 nitrogen and oxygen atoms in total. The molecule has 2 fully saturated rings. The molecule has 3 atom stereocenters. The second-order valence-electron chi connectivity index (χ2n) is 9.87. The first-order valence-electron chi connectivity index (χ1n) is 12.5. The molecule has 0 aromatic heterocycles. The average molecular weight is 429 g/mol. The summed E-state index contributed by atoms with van der Waals surface area (Å²) < 4.78 is 6.11. The molecule has 2 saturated heterocycles. The van der Waals surface area contributed by atoms with E-state index in [4.69, 9.17) is 4.74 Å². The lowest BCUT2D eigenvalue weighted by molar-refractivity contribution is -0.137. The van der Waals surface area contributed by atoms with Gasteiger partial charge in [0.05, 0.1) is 6.61 Å². The minimum atomic E-state index is 0.144. The molecule has 2 aliphatic heterocycles. The van der Waals surface area contributed by atoms with Crippen molar-refractivity contribution in [1.29, 1.82) is 0 Å². The van der Waals surface area contributed by atoms with Crippen molar-refractivity contribution in [3.05, 3.63) is 35.6 Å². The number of aliphatic hydroxyl groups excluding tert-OH is 1. The van der Waals surface area contributed by atoms with Crippen LogP contribution < -0.4 is 5.32 Å². The number of likely N-dealkylation sites (tertiary alicyclic amines) is 1. The maximum atomic E-state index is 12.9. The van der Waals surface area contributed by atoms with Crippen LogP contribution in [0.3, 0.4) is 0 Å². The summed E-state index contributed by atoms with van der Waals surface area (Å²) in [5.41, 5.74) is 1.49. The second-order valence-corrected chi connectivity index (χ2v) is 9.87. The highest BCUT2D eigenvalue weighted by atomic mass is 16.5. The van der Waals surface area contributed by atoms with E-state index < -0.39 is 0 Å². The van der Waals surface area contributed by atoms with Crippen molar-refractivity contribution >= 4 is 5.91 Å². The Morgan fingerprint density at radius 3 is 2.65 bits per heavy atom. The maximum Gasteiger partial charge on any atom is 0.226 e. The first-order valence-corrected chi connectivity index (χ1v) is 12.5. The SMILES string of the molecule is O=C(C1CC=C(C2C=CC(OCC3CCCNCC3)=CC2)CC1)N1CCC(CO)CC1. The molecular formula is C26H40N2O3. The fraction of sp³-hybridized carbons (Fsp3) is 0.731. The molecule has 0 aromatic carbocycles. The van der Waals surface area contributed by atoms with Gasteiger partial charge in [-0.05, 0) is 94.9 Å². The summed E-state index contributed by atoms with van der Waals surface area (Å²) >= 11 is 0. The summed E-state index contributed by atoms with van der Waals surface area (Å²) in [5.74, 6) is 3.02. The largest absolute Gasteiger partial charge is 0.494 e. The Morgan fingerprint density at radius 1 is 1.06 bits per heavy atom. The Morgan fingerprint density at radius 2 is 1.94 bits per heavy atom. The highest BCUT2D eigenvalue weighted by Crippen LogP contribution is 2.34. The molecular weight excluding hydrogens is 388 g/mol. The number of hydrogen-bond acceptors (Lipinski definition) is 4. The Bertz CT molecular complexity index is 683. The molecule has 0 saturated carbocycles. The monoisotopic (exact) mass is 428 g/mol. The van der Waals surface area contributed by atoms with E-state index in [9.17, 15) is 9.90 Å². The van der Waals surface area contributed by atoms with Gasteiger partial charge in [0, 0.05) is 31.5 Å². The van der Waals surface area contributed by atoms with E-state index in [-0.39, 0.29) is 12.5 Å². The molecule has 3 unspecified atom stereocenters. The topological polar surface area (TPSA) is 61.8 Å². The van der Waals surface area contributed by atoms with Crippen LogP contribution in [0.5, 0.6) is 0 Å². The summed E-state index contributed by atoms with van der Waals surface area (Å²) in [6.07, 6.45) is 18.5. The highest BCUT2D eigenvalue weighted by molar-refractivity contribution is 5.79. The fourth-order valence-electron chi connectivity index (χ4n) is 5.46. The molecule has 5 heteroatoms. The molecule has 31 heavy (non-hydrogen) atoms. The average Bonchev–Trinajstić information content (AvgIpc) is 3.12. The molecule has 172 valence electrons. The zero-order valence-electron chi connectivity index (χ0n) is 18.9. The van der Waals surface area contributed by atoms with Crippen molar-refractivity contribution in [2.75, 3.05) is 39.4 Å². The lowest BCUT2D eigenvalue weighted by Gasteiger charge is -2.35. The van der Waals surface area contributed by atoms with E-state index >= 15 is 0 Å². The molecule has 1 amide bonds. The van der Waals surface area contributed by atoms with Crippen LogP contribution in [-0.4, -0.2) is 55.3 Å². The molecule has 0 bridgehead atoms. The van der Waals surface area contributed by atoms with Crippen LogP contribution in [0.15, 0.2) is 35.6 Å². The highest BCUT2D eigenvalue weighted by Gasteiger charge is 2.30. The predicted octanol–water partition coefficient (Wildman–Crippen LogP) is 3.81. The van der Waals surface area contributed by atoms with Crippen molar-refractivity contribution in [3.63, 3.8) is 0 Å². The summed E-state index contributed by atoms with van der Waals surface area (Å²) in [6, 6.07) is 0. The molecule has 0 aromatic rings. The number of nitrogens with one attached hydrogen (secondary N) is 1. The first-order chi connectivity index (χ1) is 15.2. The van der Waals surface area contributed by atoms with Crippen molar-refractivity contribution in [1.82, 2.24) is 10.2 Å². The molecule has 4 aliphatic rings. The maximum absolute atomic E-state index is 12.9.